The van der Waals surface area contributed by atoms with E-state index in [2.05, 4.69) is 52.1 Å². The second-order valence-electron chi connectivity index (χ2n) is 4.32. The molecule has 0 aliphatic rings. The zero-order valence-electron chi connectivity index (χ0n) is 9.85. The molecule has 2 heteroatoms. The van der Waals surface area contributed by atoms with Crippen molar-refractivity contribution in [2.45, 2.75) is 33.9 Å². The van der Waals surface area contributed by atoms with Crippen LogP contribution in [-0.2, 0) is 4.43 Å². The monoisotopic (exact) mass is 208 g/mol. The lowest BCUT2D eigenvalue weighted by Gasteiger charge is -2.23. The Labute approximate surface area is 88.2 Å². The van der Waals surface area contributed by atoms with Gasteiger partial charge in [0.15, 0.2) is 0 Å². The normalized spacial score (nSPS) is 11.8. The summed E-state index contributed by atoms with van der Waals surface area (Å²) in [6, 6.07) is 6.73. The molecular weight excluding hydrogens is 188 g/mol. The molecule has 0 spiro atoms. The Morgan fingerprint density at radius 3 is 2.00 bits per heavy atom. The summed E-state index contributed by atoms with van der Waals surface area (Å²) in [5.74, 6) is 0. The van der Waals surface area contributed by atoms with Gasteiger partial charge >= 0.3 is 0 Å². The first-order valence-electron chi connectivity index (χ1n) is 5.18. The lowest BCUT2D eigenvalue weighted by Crippen LogP contribution is -2.45. The van der Waals surface area contributed by atoms with Crippen LogP contribution in [0.5, 0.6) is 0 Å². The standard InChI is InChI=1S/C12H20OSi/c1-6-13-14(4,5)12-8-10(2)7-11(3)9-12/h7-9H,6H2,1-5H3. The highest BCUT2D eigenvalue weighted by molar-refractivity contribution is 6.84. The van der Waals surface area contributed by atoms with Gasteiger partial charge in [-0.1, -0.05) is 29.3 Å². The molecule has 0 N–H and O–H groups in total. The van der Waals surface area contributed by atoms with E-state index in [-0.39, 0.29) is 0 Å². The molecule has 0 aliphatic heterocycles. The molecule has 0 bridgehead atoms. The summed E-state index contributed by atoms with van der Waals surface area (Å²) in [7, 11) is -1.64. The first kappa shape index (κ1) is 11.5. The largest absolute Gasteiger partial charge is 0.413 e. The summed E-state index contributed by atoms with van der Waals surface area (Å²) in [4.78, 5) is 0. The van der Waals surface area contributed by atoms with E-state index in [1.54, 1.807) is 0 Å². The van der Waals surface area contributed by atoms with Crippen LogP contribution >= 0.6 is 0 Å². The third-order valence-electron chi connectivity index (χ3n) is 2.42. The van der Waals surface area contributed by atoms with Crippen LogP contribution in [0, 0.1) is 13.8 Å². The molecule has 1 rings (SSSR count). The molecule has 0 aliphatic carbocycles. The Balaban J connectivity index is 3.05. The fraction of sp³-hybridized carbons (Fsp3) is 0.500. The highest BCUT2D eigenvalue weighted by Crippen LogP contribution is 2.09. The van der Waals surface area contributed by atoms with Gasteiger partial charge in [-0.25, -0.2) is 0 Å². The van der Waals surface area contributed by atoms with Gasteiger partial charge in [0.1, 0.15) is 0 Å². The average molecular weight is 208 g/mol. The van der Waals surface area contributed by atoms with Gasteiger partial charge in [-0.3, -0.25) is 0 Å². The number of rotatable bonds is 3. The predicted octanol–water partition coefficient (Wildman–Crippen LogP) is 2.75. The molecule has 0 saturated carbocycles. The molecule has 0 fully saturated rings. The maximum absolute atomic E-state index is 5.86. The van der Waals surface area contributed by atoms with Crippen LogP contribution in [0.2, 0.25) is 13.1 Å². The Morgan fingerprint density at radius 2 is 1.57 bits per heavy atom. The van der Waals surface area contributed by atoms with Gasteiger partial charge in [0.2, 0.25) is 8.32 Å². The second kappa shape index (κ2) is 4.28. The number of hydrogen-bond acceptors (Lipinski definition) is 1. The van der Waals surface area contributed by atoms with Crippen molar-refractivity contribution in [1.29, 1.82) is 0 Å². The van der Waals surface area contributed by atoms with E-state index in [1.807, 2.05) is 0 Å². The van der Waals surface area contributed by atoms with Crippen molar-refractivity contribution in [3.05, 3.63) is 29.3 Å². The van der Waals surface area contributed by atoms with Gasteiger partial charge in [-0.2, -0.15) is 0 Å². The molecule has 1 aromatic carbocycles. The molecule has 0 unspecified atom stereocenters. The van der Waals surface area contributed by atoms with Gasteiger partial charge in [-0.15, -0.1) is 0 Å². The van der Waals surface area contributed by atoms with Gasteiger partial charge in [0.25, 0.3) is 0 Å². The summed E-state index contributed by atoms with van der Waals surface area (Å²) >= 11 is 0. The number of benzene rings is 1. The Kier molecular flexibility index (Phi) is 3.51. The van der Waals surface area contributed by atoms with E-state index in [0.717, 1.165) is 6.61 Å². The molecule has 0 atom stereocenters. The fourth-order valence-corrected chi connectivity index (χ4v) is 3.81. The summed E-state index contributed by atoms with van der Waals surface area (Å²) in [5, 5.41) is 1.40. The Hall–Kier alpha value is -0.603. The average Bonchev–Trinajstić information content (AvgIpc) is 2.02. The molecule has 78 valence electrons. The third-order valence-corrected chi connectivity index (χ3v) is 5.11. The summed E-state index contributed by atoms with van der Waals surface area (Å²) in [6.07, 6.45) is 0. The summed E-state index contributed by atoms with van der Waals surface area (Å²) in [6.45, 7) is 11.7. The summed E-state index contributed by atoms with van der Waals surface area (Å²) in [5.41, 5.74) is 2.67. The van der Waals surface area contributed by atoms with Crippen molar-refractivity contribution in [2.75, 3.05) is 6.61 Å². The van der Waals surface area contributed by atoms with E-state index in [4.69, 9.17) is 4.43 Å². The van der Waals surface area contributed by atoms with Gasteiger partial charge < -0.3 is 4.43 Å². The van der Waals surface area contributed by atoms with E-state index in [9.17, 15) is 0 Å². The quantitative estimate of drug-likeness (QED) is 0.694. The van der Waals surface area contributed by atoms with Crippen molar-refractivity contribution in [1.82, 2.24) is 0 Å². The Morgan fingerprint density at radius 1 is 1.07 bits per heavy atom. The van der Waals surface area contributed by atoms with Crippen molar-refractivity contribution in [3.63, 3.8) is 0 Å². The minimum atomic E-state index is -1.64. The van der Waals surface area contributed by atoms with E-state index in [0.29, 0.717) is 0 Å². The Bertz CT molecular complexity index is 298. The van der Waals surface area contributed by atoms with E-state index in [1.165, 1.54) is 16.3 Å². The topological polar surface area (TPSA) is 9.23 Å². The smallest absolute Gasteiger partial charge is 0.218 e. The molecule has 0 aromatic heterocycles. The minimum Gasteiger partial charge on any atom is -0.413 e. The zero-order chi connectivity index (χ0) is 10.8. The molecule has 14 heavy (non-hydrogen) atoms. The van der Waals surface area contributed by atoms with Crippen LogP contribution in [0.3, 0.4) is 0 Å². The second-order valence-corrected chi connectivity index (χ2v) is 8.21. The maximum Gasteiger partial charge on any atom is 0.218 e. The third kappa shape index (κ3) is 2.69. The van der Waals surface area contributed by atoms with E-state index >= 15 is 0 Å². The van der Waals surface area contributed by atoms with Gasteiger partial charge in [0, 0.05) is 6.61 Å². The molecule has 0 amide bonds. The van der Waals surface area contributed by atoms with E-state index < -0.39 is 8.32 Å². The lowest BCUT2D eigenvalue weighted by atomic mass is 10.2. The SMILES string of the molecule is CCO[Si](C)(C)c1cc(C)cc(C)c1. The predicted molar refractivity (Wildman–Crippen MR) is 64.7 cm³/mol. The molecule has 0 heterocycles. The van der Waals surface area contributed by atoms with Crippen molar-refractivity contribution < 1.29 is 4.43 Å². The molecular formula is C12H20OSi. The molecule has 0 saturated heterocycles. The summed E-state index contributed by atoms with van der Waals surface area (Å²) < 4.78 is 5.86. The maximum atomic E-state index is 5.86. The van der Waals surface area contributed by atoms with Crippen LogP contribution in [-0.4, -0.2) is 14.9 Å². The van der Waals surface area contributed by atoms with Gasteiger partial charge in [-0.05, 0) is 39.1 Å². The zero-order valence-corrected chi connectivity index (χ0v) is 10.8. The fourth-order valence-electron chi connectivity index (χ4n) is 1.77. The lowest BCUT2D eigenvalue weighted by molar-refractivity contribution is 0.339. The molecule has 0 radical (unpaired) electrons. The molecule has 1 aromatic rings. The van der Waals surface area contributed by atoms with Crippen LogP contribution in [0.25, 0.3) is 0 Å². The minimum absolute atomic E-state index is 0.812. The van der Waals surface area contributed by atoms with Crippen LogP contribution in [0.1, 0.15) is 18.1 Å². The first-order valence-corrected chi connectivity index (χ1v) is 8.09. The van der Waals surface area contributed by atoms with Gasteiger partial charge in [0.05, 0.1) is 0 Å². The van der Waals surface area contributed by atoms with Crippen LogP contribution < -0.4 is 5.19 Å². The van der Waals surface area contributed by atoms with Crippen molar-refractivity contribution in [2.24, 2.45) is 0 Å². The first-order chi connectivity index (χ1) is 6.45. The van der Waals surface area contributed by atoms with Crippen molar-refractivity contribution >= 4 is 13.5 Å². The highest BCUT2D eigenvalue weighted by atomic mass is 28.4. The van der Waals surface area contributed by atoms with Crippen molar-refractivity contribution in [3.8, 4) is 0 Å². The molecule has 1 nitrogen and oxygen atoms in total. The van der Waals surface area contributed by atoms with Crippen LogP contribution in [0.4, 0.5) is 0 Å². The van der Waals surface area contributed by atoms with Crippen LogP contribution in [0.15, 0.2) is 18.2 Å². The highest BCUT2D eigenvalue weighted by Gasteiger charge is 2.24. The number of hydrogen-bond donors (Lipinski definition) is 0. The number of aryl methyl sites for hydroxylation is 2.